The Balaban J connectivity index is 2.33. The van der Waals surface area contributed by atoms with Gasteiger partial charge in [-0.3, -0.25) is 0 Å². The van der Waals surface area contributed by atoms with Crippen LogP contribution in [-0.2, 0) is 4.74 Å². The molecule has 0 aliphatic carbocycles. The van der Waals surface area contributed by atoms with Crippen molar-refractivity contribution in [1.82, 2.24) is 5.32 Å². The fourth-order valence-corrected chi connectivity index (χ4v) is 1.47. The summed E-state index contributed by atoms with van der Waals surface area (Å²) in [6.45, 7) is 0.224. The zero-order valence-corrected chi connectivity index (χ0v) is 7.89. The van der Waals surface area contributed by atoms with Crippen molar-refractivity contribution in [2.45, 2.75) is 24.4 Å². The average molecular weight is 207 g/mol. The summed E-state index contributed by atoms with van der Waals surface area (Å²) in [6.07, 6.45) is -1.33. The molecule has 5 N–H and O–H groups in total. The first kappa shape index (κ1) is 11.8. The maximum absolute atomic E-state index is 9.49. The number of ether oxygens (including phenoxy) is 1. The Hall–Kier alpha value is -0.240. The monoisotopic (exact) mass is 207 g/mol. The van der Waals surface area contributed by atoms with Crippen molar-refractivity contribution in [2.24, 2.45) is 0 Å². The smallest absolute Gasteiger partial charge is 0.192 e. The molecule has 1 saturated heterocycles. The number of nitrogens with one attached hydrogen (secondary N) is 1. The first-order valence-corrected chi connectivity index (χ1v) is 4.62. The first-order valence-electron chi connectivity index (χ1n) is 4.62. The minimum absolute atomic E-state index is 0.00703. The molecule has 0 saturated carbocycles. The van der Waals surface area contributed by atoms with Gasteiger partial charge in [-0.25, -0.2) is 0 Å². The van der Waals surface area contributed by atoms with E-state index in [2.05, 4.69) is 5.32 Å². The molecule has 3 atom stereocenters. The van der Waals surface area contributed by atoms with Gasteiger partial charge in [0, 0.05) is 19.5 Å². The summed E-state index contributed by atoms with van der Waals surface area (Å²) < 4.78 is 5.07. The highest BCUT2D eigenvalue weighted by Crippen LogP contribution is 2.27. The summed E-state index contributed by atoms with van der Waals surface area (Å²) in [5.41, 5.74) is 0. The van der Waals surface area contributed by atoms with Crippen LogP contribution in [0.5, 0.6) is 0 Å². The van der Waals surface area contributed by atoms with Crippen LogP contribution in [0.1, 0.15) is 6.42 Å². The van der Waals surface area contributed by atoms with Crippen LogP contribution < -0.4 is 5.32 Å². The van der Waals surface area contributed by atoms with Crippen LogP contribution in [0.15, 0.2) is 0 Å². The van der Waals surface area contributed by atoms with Crippen molar-refractivity contribution in [2.75, 3.05) is 26.3 Å². The second-order valence-electron chi connectivity index (χ2n) is 3.46. The maximum Gasteiger partial charge on any atom is 0.192 e. The standard InChI is InChI=1S/C8H17NO5/c10-2-1-9-4-7-6(12)3-8(13,5-11)14-7/h6-7,9-13H,1-5H2/t6-,7-,8?/m0/s1. The lowest BCUT2D eigenvalue weighted by Gasteiger charge is -2.20. The second kappa shape index (κ2) is 5.01. The zero-order chi connectivity index (χ0) is 10.6. The van der Waals surface area contributed by atoms with E-state index in [0.29, 0.717) is 13.1 Å². The Morgan fingerprint density at radius 2 is 2.14 bits per heavy atom. The number of hydrogen-bond donors (Lipinski definition) is 5. The topological polar surface area (TPSA) is 102 Å². The lowest BCUT2D eigenvalue weighted by Crippen LogP contribution is -2.37. The van der Waals surface area contributed by atoms with E-state index in [0.717, 1.165) is 0 Å². The van der Waals surface area contributed by atoms with Gasteiger partial charge in [-0.2, -0.15) is 0 Å². The van der Waals surface area contributed by atoms with E-state index in [9.17, 15) is 10.2 Å². The van der Waals surface area contributed by atoms with E-state index in [-0.39, 0.29) is 13.0 Å². The van der Waals surface area contributed by atoms with Crippen molar-refractivity contribution in [3.63, 3.8) is 0 Å². The Labute approximate surface area is 82.1 Å². The van der Waals surface area contributed by atoms with E-state index in [1.54, 1.807) is 0 Å². The summed E-state index contributed by atoms with van der Waals surface area (Å²) >= 11 is 0. The summed E-state index contributed by atoms with van der Waals surface area (Å²) in [6, 6.07) is 0. The fraction of sp³-hybridized carbons (Fsp3) is 1.00. The van der Waals surface area contributed by atoms with Gasteiger partial charge in [0.05, 0.1) is 25.4 Å². The maximum atomic E-state index is 9.49. The van der Waals surface area contributed by atoms with Gasteiger partial charge in [0.1, 0.15) is 0 Å². The molecule has 1 heterocycles. The van der Waals surface area contributed by atoms with Crippen molar-refractivity contribution >= 4 is 0 Å². The van der Waals surface area contributed by atoms with E-state index in [4.69, 9.17) is 14.9 Å². The molecular weight excluding hydrogens is 190 g/mol. The van der Waals surface area contributed by atoms with Crippen LogP contribution in [0.2, 0.25) is 0 Å². The Morgan fingerprint density at radius 1 is 1.43 bits per heavy atom. The molecule has 1 fully saturated rings. The molecule has 84 valence electrons. The summed E-state index contributed by atoms with van der Waals surface area (Å²) in [5, 5.41) is 39.1. The number of rotatable bonds is 5. The third-order valence-electron chi connectivity index (χ3n) is 2.21. The molecule has 0 bridgehead atoms. The Morgan fingerprint density at radius 3 is 2.64 bits per heavy atom. The number of hydrogen-bond acceptors (Lipinski definition) is 6. The van der Waals surface area contributed by atoms with E-state index < -0.39 is 24.6 Å². The molecule has 0 aromatic carbocycles. The molecule has 6 nitrogen and oxygen atoms in total. The fourth-order valence-electron chi connectivity index (χ4n) is 1.47. The molecule has 6 heteroatoms. The van der Waals surface area contributed by atoms with Crippen molar-refractivity contribution in [3.05, 3.63) is 0 Å². The van der Waals surface area contributed by atoms with Crippen LogP contribution >= 0.6 is 0 Å². The SMILES string of the molecule is OCCNC[C@@H]1OC(O)(CO)C[C@@H]1O. The molecule has 14 heavy (non-hydrogen) atoms. The normalized spacial score (nSPS) is 37.7. The Kier molecular flexibility index (Phi) is 4.24. The van der Waals surface area contributed by atoms with Crippen molar-refractivity contribution in [1.29, 1.82) is 0 Å². The lowest BCUT2D eigenvalue weighted by atomic mass is 10.1. The van der Waals surface area contributed by atoms with Gasteiger partial charge in [-0.05, 0) is 0 Å². The third kappa shape index (κ3) is 2.88. The molecule has 0 aromatic rings. The van der Waals surface area contributed by atoms with Crippen LogP contribution in [0.25, 0.3) is 0 Å². The van der Waals surface area contributed by atoms with Gasteiger partial charge in [0.15, 0.2) is 5.79 Å². The predicted octanol–water partition coefficient (Wildman–Crippen LogP) is -2.60. The van der Waals surface area contributed by atoms with Crippen LogP contribution in [0.3, 0.4) is 0 Å². The zero-order valence-electron chi connectivity index (χ0n) is 7.89. The van der Waals surface area contributed by atoms with Gasteiger partial charge in [0.2, 0.25) is 0 Å². The second-order valence-corrected chi connectivity index (χ2v) is 3.46. The molecule has 0 aromatic heterocycles. The largest absolute Gasteiger partial charge is 0.395 e. The van der Waals surface area contributed by atoms with Crippen LogP contribution in [0.4, 0.5) is 0 Å². The minimum Gasteiger partial charge on any atom is -0.395 e. The van der Waals surface area contributed by atoms with E-state index in [1.807, 2.05) is 0 Å². The first-order chi connectivity index (χ1) is 6.61. The van der Waals surface area contributed by atoms with E-state index >= 15 is 0 Å². The Bertz CT molecular complexity index is 179. The molecule has 0 spiro atoms. The molecule has 1 rings (SSSR count). The predicted molar refractivity (Wildman–Crippen MR) is 47.5 cm³/mol. The molecule has 0 radical (unpaired) electrons. The molecular formula is C8H17NO5. The lowest BCUT2D eigenvalue weighted by molar-refractivity contribution is -0.212. The molecule has 1 aliphatic heterocycles. The average Bonchev–Trinajstić information content (AvgIpc) is 2.44. The van der Waals surface area contributed by atoms with Gasteiger partial charge in [0.25, 0.3) is 0 Å². The summed E-state index contributed by atoms with van der Waals surface area (Å²) in [4.78, 5) is 0. The van der Waals surface area contributed by atoms with E-state index in [1.165, 1.54) is 0 Å². The third-order valence-corrected chi connectivity index (χ3v) is 2.21. The summed E-state index contributed by atoms with van der Waals surface area (Å²) in [7, 11) is 0. The van der Waals surface area contributed by atoms with Gasteiger partial charge in [-0.15, -0.1) is 0 Å². The van der Waals surface area contributed by atoms with Gasteiger partial charge < -0.3 is 30.5 Å². The van der Waals surface area contributed by atoms with Crippen molar-refractivity contribution in [3.8, 4) is 0 Å². The minimum atomic E-state index is -1.62. The molecule has 1 unspecified atom stereocenters. The number of aliphatic hydroxyl groups is 4. The van der Waals surface area contributed by atoms with Gasteiger partial charge >= 0.3 is 0 Å². The summed E-state index contributed by atoms with van der Waals surface area (Å²) in [5.74, 6) is -1.62. The van der Waals surface area contributed by atoms with Gasteiger partial charge in [-0.1, -0.05) is 0 Å². The number of aliphatic hydroxyl groups excluding tert-OH is 3. The molecule has 1 aliphatic rings. The van der Waals surface area contributed by atoms with Crippen LogP contribution in [-0.4, -0.2) is 64.7 Å². The van der Waals surface area contributed by atoms with Crippen molar-refractivity contribution < 1.29 is 25.2 Å². The highest BCUT2D eigenvalue weighted by atomic mass is 16.7. The van der Waals surface area contributed by atoms with Crippen LogP contribution in [0, 0.1) is 0 Å². The quantitative estimate of drug-likeness (QED) is 0.317. The molecule has 0 amide bonds. The highest BCUT2D eigenvalue weighted by molar-refractivity contribution is 4.87. The highest BCUT2D eigenvalue weighted by Gasteiger charge is 2.43.